The van der Waals surface area contributed by atoms with Gasteiger partial charge in [0.2, 0.25) is 0 Å². The van der Waals surface area contributed by atoms with Gasteiger partial charge in [-0.25, -0.2) is 4.79 Å². The summed E-state index contributed by atoms with van der Waals surface area (Å²) in [7, 11) is 4.13. The maximum absolute atomic E-state index is 11.9. The van der Waals surface area contributed by atoms with Crippen molar-refractivity contribution >= 4 is 12.0 Å². The van der Waals surface area contributed by atoms with E-state index in [0.29, 0.717) is 19.4 Å². The summed E-state index contributed by atoms with van der Waals surface area (Å²) >= 11 is 0. The van der Waals surface area contributed by atoms with Crippen LogP contribution in [0.2, 0.25) is 0 Å². The highest BCUT2D eigenvalue weighted by Gasteiger charge is 2.20. The van der Waals surface area contributed by atoms with Gasteiger partial charge < -0.3 is 20.2 Å². The molecule has 0 spiro atoms. The third-order valence-electron chi connectivity index (χ3n) is 3.62. The van der Waals surface area contributed by atoms with E-state index in [-0.39, 0.29) is 12.5 Å². The predicted molar refractivity (Wildman–Crippen MR) is 81.5 cm³/mol. The molecule has 0 saturated carbocycles. The highest BCUT2D eigenvalue weighted by atomic mass is 16.4. The van der Waals surface area contributed by atoms with Crippen molar-refractivity contribution in [3.05, 3.63) is 0 Å². The number of nitrogens with one attached hydrogen (secondary N) is 1. The first-order valence-corrected chi connectivity index (χ1v) is 7.60. The number of hydrogen-bond donors (Lipinski definition) is 2. The molecule has 0 aromatic heterocycles. The maximum atomic E-state index is 11.9. The molecule has 21 heavy (non-hydrogen) atoms. The number of carbonyl (C=O) groups is 2. The summed E-state index contributed by atoms with van der Waals surface area (Å²) in [5, 5.41) is 11.4. The number of amides is 2. The van der Waals surface area contributed by atoms with Crippen molar-refractivity contribution < 1.29 is 14.7 Å². The quantitative estimate of drug-likeness (QED) is 0.623. The molecule has 0 atom stereocenters. The number of carbonyl (C=O) groups excluding carboxylic acids is 1. The first-order valence-electron chi connectivity index (χ1n) is 7.60. The van der Waals surface area contributed by atoms with E-state index >= 15 is 0 Å². The van der Waals surface area contributed by atoms with Crippen LogP contribution in [0.4, 0.5) is 4.79 Å². The van der Waals surface area contributed by atoms with Gasteiger partial charge in [0, 0.05) is 52.2 Å². The Hall–Kier alpha value is -1.34. The minimum absolute atomic E-state index is 0.0300. The Morgan fingerprint density at radius 1 is 1.14 bits per heavy atom. The molecule has 2 amide bonds. The van der Waals surface area contributed by atoms with Crippen LogP contribution in [0.25, 0.3) is 0 Å². The summed E-state index contributed by atoms with van der Waals surface area (Å²) in [6.45, 7) is 5.98. The number of carboxylic acid groups (broad SMARTS) is 1. The lowest BCUT2D eigenvalue weighted by molar-refractivity contribution is -0.137. The number of nitrogens with zero attached hydrogens (tertiary/aromatic N) is 3. The molecule has 122 valence electrons. The van der Waals surface area contributed by atoms with Crippen molar-refractivity contribution in [2.45, 2.75) is 19.3 Å². The Labute approximate surface area is 126 Å². The summed E-state index contributed by atoms with van der Waals surface area (Å²) in [4.78, 5) is 28.7. The molecule has 1 aliphatic rings. The van der Waals surface area contributed by atoms with E-state index in [4.69, 9.17) is 5.11 Å². The summed E-state index contributed by atoms with van der Waals surface area (Å²) in [6.07, 6.45) is 1.48. The standard InChI is InChI=1S/C14H28N4O3/c1-16(2)7-8-17-9-11-18(12-10-17)14(21)15-6-4-3-5-13(19)20/h3-12H2,1-2H3,(H,15,21)(H,19,20). The van der Waals surface area contributed by atoms with Crippen LogP contribution in [0.15, 0.2) is 0 Å². The number of urea groups is 1. The normalized spacial score (nSPS) is 16.2. The molecule has 7 heteroatoms. The Morgan fingerprint density at radius 2 is 1.81 bits per heavy atom. The van der Waals surface area contributed by atoms with Crippen molar-refractivity contribution in [2.24, 2.45) is 0 Å². The van der Waals surface area contributed by atoms with Gasteiger partial charge in [-0.1, -0.05) is 0 Å². The summed E-state index contributed by atoms with van der Waals surface area (Å²) in [5.74, 6) is -0.782. The monoisotopic (exact) mass is 300 g/mol. The molecule has 0 radical (unpaired) electrons. The summed E-state index contributed by atoms with van der Waals surface area (Å²) in [6, 6.07) is -0.0300. The molecule has 1 heterocycles. The Morgan fingerprint density at radius 3 is 2.38 bits per heavy atom. The number of rotatable bonds is 8. The number of piperazine rings is 1. The summed E-state index contributed by atoms with van der Waals surface area (Å²) in [5.41, 5.74) is 0. The fourth-order valence-electron chi connectivity index (χ4n) is 2.22. The number of aliphatic carboxylic acids is 1. The highest BCUT2D eigenvalue weighted by molar-refractivity contribution is 5.74. The SMILES string of the molecule is CN(C)CCN1CCN(C(=O)NCCCCC(=O)O)CC1. The molecule has 0 aromatic carbocycles. The van der Waals surface area contributed by atoms with Crippen LogP contribution in [0, 0.1) is 0 Å². The number of unbranched alkanes of at least 4 members (excludes halogenated alkanes) is 1. The molecule has 1 fully saturated rings. The van der Waals surface area contributed by atoms with Crippen LogP contribution in [0.5, 0.6) is 0 Å². The number of likely N-dealkylation sites (N-methyl/N-ethyl adjacent to an activating group) is 1. The Kier molecular flexibility index (Phi) is 8.07. The van der Waals surface area contributed by atoms with Crippen LogP contribution in [0.1, 0.15) is 19.3 Å². The highest BCUT2D eigenvalue weighted by Crippen LogP contribution is 2.02. The van der Waals surface area contributed by atoms with E-state index in [9.17, 15) is 9.59 Å². The molecule has 0 bridgehead atoms. The minimum atomic E-state index is -0.782. The van der Waals surface area contributed by atoms with Gasteiger partial charge in [-0.2, -0.15) is 0 Å². The molecule has 1 aliphatic heterocycles. The van der Waals surface area contributed by atoms with Gasteiger partial charge >= 0.3 is 12.0 Å². The smallest absolute Gasteiger partial charge is 0.317 e. The van der Waals surface area contributed by atoms with E-state index in [1.54, 1.807) is 0 Å². The van der Waals surface area contributed by atoms with Gasteiger partial charge in [-0.3, -0.25) is 9.69 Å². The van der Waals surface area contributed by atoms with E-state index in [1.807, 2.05) is 4.90 Å². The second kappa shape index (κ2) is 9.57. The second-order valence-electron chi connectivity index (χ2n) is 5.71. The molecule has 7 nitrogen and oxygen atoms in total. The third kappa shape index (κ3) is 7.87. The van der Waals surface area contributed by atoms with Crippen molar-refractivity contribution in [3.8, 4) is 0 Å². The topological polar surface area (TPSA) is 76.1 Å². The van der Waals surface area contributed by atoms with Crippen LogP contribution in [-0.2, 0) is 4.79 Å². The van der Waals surface area contributed by atoms with E-state index in [0.717, 1.165) is 39.3 Å². The summed E-state index contributed by atoms with van der Waals surface area (Å²) < 4.78 is 0. The van der Waals surface area contributed by atoms with Crippen LogP contribution in [0.3, 0.4) is 0 Å². The fraction of sp³-hybridized carbons (Fsp3) is 0.857. The first kappa shape index (κ1) is 17.7. The molecule has 1 rings (SSSR count). The molecule has 0 aliphatic carbocycles. The maximum Gasteiger partial charge on any atom is 0.317 e. The van der Waals surface area contributed by atoms with Gasteiger partial charge in [-0.05, 0) is 26.9 Å². The van der Waals surface area contributed by atoms with Crippen molar-refractivity contribution in [1.82, 2.24) is 20.0 Å². The lowest BCUT2D eigenvalue weighted by Crippen LogP contribution is -2.52. The molecule has 0 unspecified atom stereocenters. The predicted octanol–water partition coefficient (Wildman–Crippen LogP) is 0.130. The Balaban J connectivity index is 2.10. The van der Waals surface area contributed by atoms with Crippen molar-refractivity contribution in [1.29, 1.82) is 0 Å². The Bertz CT molecular complexity index is 328. The van der Waals surface area contributed by atoms with Crippen LogP contribution < -0.4 is 5.32 Å². The molecule has 2 N–H and O–H groups in total. The van der Waals surface area contributed by atoms with Gasteiger partial charge in [-0.15, -0.1) is 0 Å². The molecule has 0 aromatic rings. The zero-order chi connectivity index (χ0) is 15.7. The van der Waals surface area contributed by atoms with Gasteiger partial charge in [0.1, 0.15) is 0 Å². The lowest BCUT2D eigenvalue weighted by atomic mass is 10.2. The van der Waals surface area contributed by atoms with Crippen LogP contribution in [-0.4, -0.2) is 91.7 Å². The van der Waals surface area contributed by atoms with Crippen molar-refractivity contribution in [2.75, 3.05) is 59.9 Å². The lowest BCUT2D eigenvalue weighted by Gasteiger charge is -2.35. The molecular weight excluding hydrogens is 272 g/mol. The largest absolute Gasteiger partial charge is 0.481 e. The third-order valence-corrected chi connectivity index (χ3v) is 3.62. The zero-order valence-electron chi connectivity index (χ0n) is 13.2. The van der Waals surface area contributed by atoms with E-state index in [2.05, 4.69) is 29.2 Å². The average Bonchev–Trinajstić information content (AvgIpc) is 2.44. The van der Waals surface area contributed by atoms with Crippen molar-refractivity contribution in [3.63, 3.8) is 0 Å². The first-order chi connectivity index (χ1) is 9.99. The van der Waals surface area contributed by atoms with Gasteiger partial charge in [0.25, 0.3) is 0 Å². The molecular formula is C14H28N4O3. The minimum Gasteiger partial charge on any atom is -0.481 e. The average molecular weight is 300 g/mol. The number of hydrogen-bond acceptors (Lipinski definition) is 4. The zero-order valence-corrected chi connectivity index (χ0v) is 13.2. The second-order valence-corrected chi connectivity index (χ2v) is 5.71. The number of carboxylic acids is 1. The fourth-order valence-corrected chi connectivity index (χ4v) is 2.22. The van der Waals surface area contributed by atoms with E-state index < -0.39 is 5.97 Å². The van der Waals surface area contributed by atoms with Gasteiger partial charge in [0.05, 0.1) is 0 Å². The van der Waals surface area contributed by atoms with Crippen LogP contribution >= 0.6 is 0 Å². The van der Waals surface area contributed by atoms with E-state index in [1.165, 1.54) is 0 Å². The van der Waals surface area contributed by atoms with Gasteiger partial charge in [0.15, 0.2) is 0 Å². The molecule has 1 saturated heterocycles.